The second-order valence-corrected chi connectivity index (χ2v) is 6.40. The zero-order valence-electron chi connectivity index (χ0n) is 13.9. The number of nitrogens with one attached hydrogen (secondary N) is 1. The first kappa shape index (κ1) is 16.1. The Hall–Kier alpha value is -1.81. The van der Waals surface area contributed by atoms with Gasteiger partial charge in [-0.2, -0.15) is 0 Å². The van der Waals surface area contributed by atoms with Crippen LogP contribution < -0.4 is 0 Å². The fourth-order valence-corrected chi connectivity index (χ4v) is 3.49. The van der Waals surface area contributed by atoms with Gasteiger partial charge in [0.25, 0.3) is 0 Å². The summed E-state index contributed by atoms with van der Waals surface area (Å²) in [5.41, 5.74) is 2.62. The Morgan fingerprint density at radius 1 is 1.30 bits per heavy atom. The van der Waals surface area contributed by atoms with Gasteiger partial charge in [0.05, 0.1) is 6.61 Å². The largest absolute Gasteiger partial charge is 0.466 e. The standard InChI is InChI=1S/C19H26N2O2/c1-2-23-19(22)13-15-7-10-21(11-8-15)12-9-16-14-20-18-6-4-3-5-17(16)18/h3-6,14-15,20H,2,7-13H2,1H3. The maximum atomic E-state index is 11.6. The number of H-pyrrole nitrogens is 1. The molecule has 0 saturated carbocycles. The summed E-state index contributed by atoms with van der Waals surface area (Å²) in [5, 5.41) is 1.34. The highest BCUT2D eigenvalue weighted by Gasteiger charge is 2.21. The van der Waals surface area contributed by atoms with Crippen LogP contribution in [0.15, 0.2) is 30.5 Å². The molecule has 0 amide bonds. The molecular formula is C19H26N2O2. The number of carbonyl (C=O) groups is 1. The number of nitrogens with zero attached hydrogens (tertiary/aromatic N) is 1. The van der Waals surface area contributed by atoms with Gasteiger partial charge < -0.3 is 14.6 Å². The summed E-state index contributed by atoms with van der Waals surface area (Å²) in [6, 6.07) is 8.48. The van der Waals surface area contributed by atoms with Crippen molar-refractivity contribution in [2.75, 3.05) is 26.2 Å². The summed E-state index contributed by atoms with van der Waals surface area (Å²) < 4.78 is 5.05. The van der Waals surface area contributed by atoms with Crippen LogP contribution in [0, 0.1) is 5.92 Å². The average molecular weight is 314 g/mol. The highest BCUT2D eigenvalue weighted by atomic mass is 16.5. The van der Waals surface area contributed by atoms with E-state index in [0.29, 0.717) is 18.9 Å². The van der Waals surface area contributed by atoms with E-state index < -0.39 is 0 Å². The van der Waals surface area contributed by atoms with Gasteiger partial charge in [-0.3, -0.25) is 4.79 Å². The molecule has 4 heteroatoms. The van der Waals surface area contributed by atoms with Crippen LogP contribution in [0.2, 0.25) is 0 Å². The monoisotopic (exact) mass is 314 g/mol. The first-order valence-corrected chi connectivity index (χ1v) is 8.69. The highest BCUT2D eigenvalue weighted by molar-refractivity contribution is 5.83. The fourth-order valence-electron chi connectivity index (χ4n) is 3.49. The van der Waals surface area contributed by atoms with E-state index in [2.05, 4.69) is 40.3 Å². The fraction of sp³-hybridized carbons (Fsp3) is 0.526. The van der Waals surface area contributed by atoms with E-state index in [4.69, 9.17) is 4.74 Å². The second-order valence-electron chi connectivity index (χ2n) is 6.40. The molecule has 4 nitrogen and oxygen atoms in total. The van der Waals surface area contributed by atoms with Gasteiger partial charge >= 0.3 is 5.97 Å². The smallest absolute Gasteiger partial charge is 0.306 e. The van der Waals surface area contributed by atoms with Gasteiger partial charge in [0.15, 0.2) is 0 Å². The van der Waals surface area contributed by atoms with E-state index >= 15 is 0 Å². The number of piperidine rings is 1. The first-order chi connectivity index (χ1) is 11.3. The number of hydrogen-bond acceptors (Lipinski definition) is 3. The molecule has 0 spiro atoms. The van der Waals surface area contributed by atoms with E-state index in [9.17, 15) is 4.79 Å². The summed E-state index contributed by atoms with van der Waals surface area (Å²) in [4.78, 5) is 17.4. The number of ether oxygens (including phenoxy) is 1. The Balaban J connectivity index is 1.45. The lowest BCUT2D eigenvalue weighted by Crippen LogP contribution is -2.35. The molecular weight excluding hydrogens is 288 g/mol. The van der Waals surface area contributed by atoms with Gasteiger partial charge in [0.1, 0.15) is 0 Å². The molecule has 0 aliphatic carbocycles. The second kappa shape index (κ2) is 7.64. The third-order valence-corrected chi connectivity index (χ3v) is 4.84. The van der Waals surface area contributed by atoms with Crippen molar-refractivity contribution in [2.24, 2.45) is 5.92 Å². The topological polar surface area (TPSA) is 45.3 Å². The summed E-state index contributed by atoms with van der Waals surface area (Å²) in [6.45, 7) is 5.63. The first-order valence-electron chi connectivity index (χ1n) is 8.69. The zero-order valence-corrected chi connectivity index (χ0v) is 13.9. The molecule has 1 aliphatic rings. The molecule has 1 fully saturated rings. The average Bonchev–Trinajstić information content (AvgIpc) is 2.98. The number of esters is 1. The van der Waals surface area contributed by atoms with Gasteiger partial charge in [-0.25, -0.2) is 0 Å². The molecule has 124 valence electrons. The zero-order chi connectivity index (χ0) is 16.1. The Bertz CT molecular complexity index is 642. The Labute approximate surface area is 137 Å². The molecule has 1 aromatic heterocycles. The molecule has 1 saturated heterocycles. The molecule has 2 aromatic rings. The Morgan fingerprint density at radius 3 is 2.87 bits per heavy atom. The lowest BCUT2D eigenvalue weighted by molar-refractivity contribution is -0.144. The van der Waals surface area contributed by atoms with E-state index in [1.807, 2.05) is 6.92 Å². The molecule has 23 heavy (non-hydrogen) atoms. The maximum Gasteiger partial charge on any atom is 0.306 e. The lowest BCUT2D eigenvalue weighted by atomic mass is 9.93. The molecule has 0 radical (unpaired) electrons. The summed E-state index contributed by atoms with van der Waals surface area (Å²) in [5.74, 6) is 0.461. The maximum absolute atomic E-state index is 11.6. The van der Waals surface area contributed by atoms with Crippen molar-refractivity contribution in [2.45, 2.75) is 32.6 Å². The Kier molecular flexibility index (Phi) is 5.34. The number of carbonyl (C=O) groups excluding carboxylic acids is 1. The van der Waals surface area contributed by atoms with E-state index in [1.54, 1.807) is 0 Å². The van der Waals surface area contributed by atoms with Crippen LogP contribution in [-0.2, 0) is 16.0 Å². The summed E-state index contributed by atoms with van der Waals surface area (Å²) in [7, 11) is 0. The van der Waals surface area contributed by atoms with Gasteiger partial charge in [-0.15, -0.1) is 0 Å². The minimum absolute atomic E-state index is 0.0373. The third kappa shape index (κ3) is 4.14. The number of aromatic nitrogens is 1. The molecule has 0 bridgehead atoms. The predicted molar refractivity (Wildman–Crippen MR) is 92.4 cm³/mol. The van der Waals surface area contributed by atoms with Gasteiger partial charge in [-0.05, 0) is 56.8 Å². The number of rotatable bonds is 6. The predicted octanol–water partition coefficient (Wildman–Crippen LogP) is 3.38. The number of likely N-dealkylation sites (tertiary alicyclic amines) is 1. The molecule has 0 atom stereocenters. The molecule has 3 rings (SSSR count). The Morgan fingerprint density at radius 2 is 2.09 bits per heavy atom. The van der Waals surface area contributed by atoms with Crippen LogP contribution in [-0.4, -0.2) is 42.1 Å². The number of hydrogen-bond donors (Lipinski definition) is 1. The van der Waals surface area contributed by atoms with Crippen LogP contribution in [0.25, 0.3) is 10.9 Å². The van der Waals surface area contributed by atoms with Crippen molar-refractivity contribution in [3.05, 3.63) is 36.0 Å². The van der Waals surface area contributed by atoms with E-state index in [1.165, 1.54) is 16.5 Å². The van der Waals surface area contributed by atoms with E-state index in [-0.39, 0.29) is 5.97 Å². The SMILES string of the molecule is CCOC(=O)CC1CCN(CCc2c[nH]c3ccccc23)CC1. The van der Waals surface area contributed by atoms with Crippen molar-refractivity contribution >= 4 is 16.9 Å². The molecule has 0 unspecified atom stereocenters. The summed E-state index contributed by atoms with van der Waals surface area (Å²) in [6.07, 6.45) is 6.01. The van der Waals surface area contributed by atoms with E-state index in [0.717, 1.165) is 38.9 Å². The molecule has 1 N–H and O–H groups in total. The van der Waals surface area contributed by atoms with Gasteiger partial charge in [0.2, 0.25) is 0 Å². The van der Waals surface area contributed by atoms with Crippen molar-refractivity contribution < 1.29 is 9.53 Å². The molecule has 2 heterocycles. The summed E-state index contributed by atoms with van der Waals surface area (Å²) >= 11 is 0. The van der Waals surface area contributed by atoms with Crippen LogP contribution in [0.1, 0.15) is 31.7 Å². The lowest BCUT2D eigenvalue weighted by Gasteiger charge is -2.31. The minimum atomic E-state index is -0.0373. The number of fused-ring (bicyclic) bond motifs is 1. The van der Waals surface area contributed by atoms with Crippen LogP contribution >= 0.6 is 0 Å². The quantitative estimate of drug-likeness (QED) is 0.832. The highest BCUT2D eigenvalue weighted by Crippen LogP contribution is 2.22. The third-order valence-electron chi connectivity index (χ3n) is 4.84. The number of para-hydroxylation sites is 1. The van der Waals surface area contributed by atoms with Crippen LogP contribution in [0.5, 0.6) is 0 Å². The van der Waals surface area contributed by atoms with Crippen LogP contribution in [0.3, 0.4) is 0 Å². The molecule has 1 aromatic carbocycles. The number of aromatic amines is 1. The van der Waals surface area contributed by atoms with Crippen molar-refractivity contribution in [1.29, 1.82) is 0 Å². The van der Waals surface area contributed by atoms with Crippen molar-refractivity contribution in [3.8, 4) is 0 Å². The van der Waals surface area contributed by atoms with Crippen molar-refractivity contribution in [3.63, 3.8) is 0 Å². The number of benzene rings is 1. The van der Waals surface area contributed by atoms with Gasteiger partial charge in [0, 0.05) is 30.1 Å². The van der Waals surface area contributed by atoms with Gasteiger partial charge in [-0.1, -0.05) is 18.2 Å². The van der Waals surface area contributed by atoms with Crippen molar-refractivity contribution in [1.82, 2.24) is 9.88 Å². The van der Waals surface area contributed by atoms with Crippen LogP contribution in [0.4, 0.5) is 0 Å². The minimum Gasteiger partial charge on any atom is -0.466 e. The normalized spacial score (nSPS) is 16.7. The molecule has 1 aliphatic heterocycles.